The van der Waals surface area contributed by atoms with Gasteiger partial charge in [0.25, 0.3) is 0 Å². The molecule has 5 nitrogen and oxygen atoms in total. The average molecular weight is 240 g/mol. The van der Waals surface area contributed by atoms with Crippen molar-refractivity contribution in [3.8, 4) is 0 Å². The molecule has 0 spiro atoms. The van der Waals surface area contributed by atoms with Crippen LogP contribution in [-0.2, 0) is 9.53 Å². The Bertz CT molecular complexity index is 335. The van der Waals surface area contributed by atoms with Crippen LogP contribution in [0.3, 0.4) is 0 Å². The van der Waals surface area contributed by atoms with Crippen LogP contribution in [0.25, 0.3) is 0 Å². The third-order valence-corrected chi connectivity index (χ3v) is 3.26. The molecule has 2 amide bonds. The van der Waals surface area contributed by atoms with Gasteiger partial charge in [0.15, 0.2) is 0 Å². The number of hydrogen-bond acceptors (Lipinski definition) is 3. The van der Waals surface area contributed by atoms with Crippen LogP contribution in [0.2, 0.25) is 0 Å². The number of nitrogens with one attached hydrogen (secondary N) is 1. The Hall–Kier alpha value is -1.26. The van der Waals surface area contributed by atoms with Gasteiger partial charge in [-0.25, -0.2) is 4.79 Å². The largest absolute Gasteiger partial charge is 0.444 e. The van der Waals surface area contributed by atoms with Crippen LogP contribution >= 0.6 is 0 Å². The Morgan fingerprint density at radius 1 is 1.47 bits per heavy atom. The van der Waals surface area contributed by atoms with Crippen LogP contribution in [0.15, 0.2) is 0 Å². The van der Waals surface area contributed by atoms with Crippen LogP contribution < -0.4 is 5.32 Å². The fourth-order valence-electron chi connectivity index (χ4n) is 2.44. The number of amides is 2. The number of likely N-dealkylation sites (tertiary alicyclic amines) is 1. The first-order valence-corrected chi connectivity index (χ1v) is 6.12. The number of fused-ring (bicyclic) bond motifs is 1. The van der Waals surface area contributed by atoms with Gasteiger partial charge in [0.05, 0.1) is 0 Å². The topological polar surface area (TPSA) is 58.6 Å². The molecule has 2 fully saturated rings. The highest BCUT2D eigenvalue weighted by Gasteiger charge is 2.40. The second-order valence-electron chi connectivity index (χ2n) is 5.83. The van der Waals surface area contributed by atoms with E-state index >= 15 is 0 Å². The van der Waals surface area contributed by atoms with Crippen LogP contribution in [0.5, 0.6) is 0 Å². The first-order chi connectivity index (χ1) is 7.87. The van der Waals surface area contributed by atoms with E-state index in [9.17, 15) is 9.59 Å². The van der Waals surface area contributed by atoms with E-state index in [0.29, 0.717) is 19.6 Å². The third kappa shape index (κ3) is 2.70. The summed E-state index contributed by atoms with van der Waals surface area (Å²) in [5, 5.41) is 2.85. The molecule has 2 rings (SSSR count). The van der Waals surface area contributed by atoms with Gasteiger partial charge < -0.3 is 15.0 Å². The highest BCUT2D eigenvalue weighted by atomic mass is 16.6. The van der Waals surface area contributed by atoms with Gasteiger partial charge in [0, 0.05) is 31.5 Å². The van der Waals surface area contributed by atoms with E-state index in [1.165, 1.54) is 0 Å². The zero-order chi connectivity index (χ0) is 12.6. The number of carbonyl (C=O) groups is 2. The molecular formula is C12H20N2O3. The first kappa shape index (κ1) is 12.2. The van der Waals surface area contributed by atoms with Crippen LogP contribution in [0.4, 0.5) is 4.79 Å². The summed E-state index contributed by atoms with van der Waals surface area (Å²) in [6.45, 7) is 7.50. The number of rotatable bonds is 0. The Labute approximate surface area is 101 Å². The van der Waals surface area contributed by atoms with Gasteiger partial charge >= 0.3 is 6.09 Å². The fourth-order valence-corrected chi connectivity index (χ4v) is 2.44. The summed E-state index contributed by atoms with van der Waals surface area (Å²) in [6.07, 6.45) is 0.478. The fraction of sp³-hybridized carbons (Fsp3) is 0.833. The predicted molar refractivity (Wildman–Crippen MR) is 62.4 cm³/mol. The summed E-state index contributed by atoms with van der Waals surface area (Å²) >= 11 is 0. The van der Waals surface area contributed by atoms with Crippen molar-refractivity contribution in [2.24, 2.45) is 11.8 Å². The van der Waals surface area contributed by atoms with E-state index in [1.54, 1.807) is 4.90 Å². The molecule has 1 N–H and O–H groups in total. The minimum Gasteiger partial charge on any atom is -0.444 e. The number of nitrogens with zero attached hydrogens (tertiary/aromatic N) is 1. The van der Waals surface area contributed by atoms with Crippen molar-refractivity contribution >= 4 is 12.0 Å². The molecule has 5 heteroatoms. The molecule has 0 aliphatic carbocycles. The summed E-state index contributed by atoms with van der Waals surface area (Å²) < 4.78 is 5.33. The molecule has 1 unspecified atom stereocenters. The van der Waals surface area contributed by atoms with Crippen LogP contribution in [0.1, 0.15) is 27.2 Å². The lowest BCUT2D eigenvalue weighted by Gasteiger charge is -2.34. The van der Waals surface area contributed by atoms with Crippen LogP contribution in [-0.4, -0.2) is 42.1 Å². The molecule has 0 aromatic heterocycles. The zero-order valence-corrected chi connectivity index (χ0v) is 10.7. The molecule has 0 radical (unpaired) electrons. The van der Waals surface area contributed by atoms with E-state index < -0.39 is 5.60 Å². The normalized spacial score (nSPS) is 28.6. The smallest absolute Gasteiger partial charge is 0.410 e. The quantitative estimate of drug-likeness (QED) is 0.687. The lowest BCUT2D eigenvalue weighted by Crippen LogP contribution is -2.46. The van der Waals surface area contributed by atoms with Gasteiger partial charge in [-0.05, 0) is 27.2 Å². The second-order valence-corrected chi connectivity index (χ2v) is 5.83. The molecule has 2 heterocycles. The van der Waals surface area contributed by atoms with E-state index in [1.807, 2.05) is 20.8 Å². The van der Waals surface area contributed by atoms with Crippen molar-refractivity contribution in [1.29, 1.82) is 0 Å². The summed E-state index contributed by atoms with van der Waals surface area (Å²) in [5.74, 6) is 0.483. The molecule has 0 aromatic rings. The molecule has 2 saturated heterocycles. The Morgan fingerprint density at radius 3 is 2.82 bits per heavy atom. The number of carbonyl (C=O) groups excluding carboxylic acids is 2. The SMILES string of the molecule is CC(C)(C)OC(=O)N1CCC2C(=O)NC[C@@H]2C1. The zero-order valence-electron chi connectivity index (χ0n) is 10.7. The molecule has 2 atom stereocenters. The highest BCUT2D eigenvalue weighted by Crippen LogP contribution is 2.28. The Balaban J connectivity index is 1.93. The van der Waals surface area contributed by atoms with Crippen molar-refractivity contribution in [2.75, 3.05) is 19.6 Å². The molecule has 17 heavy (non-hydrogen) atoms. The maximum Gasteiger partial charge on any atom is 0.410 e. The number of ether oxygens (including phenoxy) is 1. The minimum absolute atomic E-state index is 0.0914. The lowest BCUT2D eigenvalue weighted by molar-refractivity contribution is -0.124. The predicted octanol–water partition coefficient (Wildman–Crippen LogP) is 0.989. The molecule has 2 aliphatic rings. The van der Waals surface area contributed by atoms with Crippen molar-refractivity contribution in [2.45, 2.75) is 32.8 Å². The van der Waals surface area contributed by atoms with Crippen LogP contribution in [0, 0.1) is 11.8 Å². The van der Waals surface area contributed by atoms with Crippen molar-refractivity contribution < 1.29 is 14.3 Å². The lowest BCUT2D eigenvalue weighted by atomic mass is 9.88. The van der Waals surface area contributed by atoms with Crippen molar-refractivity contribution in [3.05, 3.63) is 0 Å². The van der Waals surface area contributed by atoms with E-state index in [0.717, 1.165) is 6.42 Å². The van der Waals surface area contributed by atoms with Crippen molar-refractivity contribution in [1.82, 2.24) is 10.2 Å². The van der Waals surface area contributed by atoms with Gasteiger partial charge in [0.2, 0.25) is 5.91 Å². The van der Waals surface area contributed by atoms with E-state index in [2.05, 4.69) is 5.32 Å². The summed E-state index contributed by atoms with van der Waals surface area (Å²) in [7, 11) is 0. The minimum atomic E-state index is -0.461. The maximum absolute atomic E-state index is 11.9. The second kappa shape index (κ2) is 4.20. The van der Waals surface area contributed by atoms with Gasteiger partial charge in [-0.1, -0.05) is 0 Å². The maximum atomic E-state index is 11.9. The molecule has 96 valence electrons. The third-order valence-electron chi connectivity index (χ3n) is 3.26. The summed E-state index contributed by atoms with van der Waals surface area (Å²) in [5.41, 5.74) is -0.461. The monoisotopic (exact) mass is 240 g/mol. The number of hydrogen-bond donors (Lipinski definition) is 1. The first-order valence-electron chi connectivity index (χ1n) is 6.12. The average Bonchev–Trinajstić information content (AvgIpc) is 2.57. The molecule has 0 saturated carbocycles. The molecule has 2 aliphatic heterocycles. The standard InChI is InChI=1S/C12H20N2O3/c1-12(2,3)17-11(16)14-5-4-9-8(7-14)6-13-10(9)15/h8-9H,4-7H2,1-3H3,(H,13,15)/t8-,9?/m1/s1. The summed E-state index contributed by atoms with van der Waals surface area (Å²) in [6, 6.07) is 0. The Kier molecular flexibility index (Phi) is 3.02. The van der Waals surface area contributed by atoms with Gasteiger partial charge in [-0.15, -0.1) is 0 Å². The molecule has 0 aromatic carbocycles. The van der Waals surface area contributed by atoms with Gasteiger partial charge in [0.1, 0.15) is 5.60 Å². The van der Waals surface area contributed by atoms with E-state index in [-0.39, 0.29) is 23.8 Å². The highest BCUT2D eigenvalue weighted by molar-refractivity contribution is 5.81. The summed E-state index contributed by atoms with van der Waals surface area (Å²) in [4.78, 5) is 25.1. The number of piperidine rings is 1. The van der Waals surface area contributed by atoms with Gasteiger partial charge in [-0.2, -0.15) is 0 Å². The van der Waals surface area contributed by atoms with E-state index in [4.69, 9.17) is 4.74 Å². The Morgan fingerprint density at radius 2 is 2.18 bits per heavy atom. The van der Waals surface area contributed by atoms with Crippen molar-refractivity contribution in [3.63, 3.8) is 0 Å². The molecular weight excluding hydrogens is 220 g/mol. The van der Waals surface area contributed by atoms with Gasteiger partial charge in [-0.3, -0.25) is 4.79 Å². The molecule has 0 bridgehead atoms.